The number of ether oxygens (including phenoxy) is 1. The van der Waals surface area contributed by atoms with Gasteiger partial charge in [0.1, 0.15) is 22.9 Å². The van der Waals surface area contributed by atoms with Gasteiger partial charge in [0.05, 0.1) is 30.6 Å². The molecule has 0 aliphatic carbocycles. The molecule has 0 saturated heterocycles. The number of benzene rings is 2. The van der Waals surface area contributed by atoms with E-state index in [0.29, 0.717) is 23.1 Å². The molecule has 0 atom stereocenters. The number of aromatic nitrogens is 4. The average molecular weight is 455 g/mol. The summed E-state index contributed by atoms with van der Waals surface area (Å²) < 4.78 is 15.0. The van der Waals surface area contributed by atoms with Crippen molar-refractivity contribution >= 4 is 11.0 Å². The minimum atomic E-state index is -0.112. The maximum atomic E-state index is 13.2. The van der Waals surface area contributed by atoms with E-state index in [1.807, 2.05) is 80.9 Å². The number of oxazole rings is 1. The van der Waals surface area contributed by atoms with Gasteiger partial charge in [-0.3, -0.25) is 9.36 Å². The van der Waals surface area contributed by atoms with E-state index in [9.17, 15) is 4.79 Å². The van der Waals surface area contributed by atoms with Crippen molar-refractivity contribution in [3.8, 4) is 22.9 Å². The van der Waals surface area contributed by atoms with E-state index < -0.39 is 0 Å². The van der Waals surface area contributed by atoms with Crippen LogP contribution in [0.2, 0.25) is 0 Å². The van der Waals surface area contributed by atoms with Gasteiger partial charge in [-0.15, -0.1) is 0 Å². The van der Waals surface area contributed by atoms with Crippen LogP contribution in [0.4, 0.5) is 0 Å². The number of rotatable bonds is 5. The van der Waals surface area contributed by atoms with Crippen LogP contribution in [-0.2, 0) is 6.54 Å². The van der Waals surface area contributed by atoms with Crippen LogP contribution >= 0.6 is 0 Å². The molecule has 172 valence electrons. The number of pyridine rings is 1. The number of fused-ring (bicyclic) bond motifs is 1. The standard InChI is InChI=1S/C27H26N4O3/c1-16-10-12-20(13-11-16)31-27-25(18(3)29-31)17(2)14-24(32)30(27)15-22-19(4)34-26(28-22)21-8-6-7-9-23(21)33-5/h6-14H,15H2,1-5H3. The van der Waals surface area contributed by atoms with E-state index in [4.69, 9.17) is 19.2 Å². The van der Waals surface area contributed by atoms with Crippen molar-refractivity contribution in [1.29, 1.82) is 0 Å². The molecule has 7 nitrogen and oxygen atoms in total. The molecule has 0 N–H and O–H groups in total. The highest BCUT2D eigenvalue weighted by molar-refractivity contribution is 5.83. The van der Waals surface area contributed by atoms with Crippen LogP contribution in [0.5, 0.6) is 5.75 Å². The Morgan fingerprint density at radius 2 is 1.74 bits per heavy atom. The lowest BCUT2D eigenvalue weighted by molar-refractivity contribution is 0.414. The maximum absolute atomic E-state index is 13.2. The van der Waals surface area contributed by atoms with Crippen molar-refractivity contribution in [2.24, 2.45) is 0 Å². The van der Waals surface area contributed by atoms with E-state index in [1.165, 1.54) is 0 Å². The second-order valence-electron chi connectivity index (χ2n) is 8.51. The third-order valence-electron chi connectivity index (χ3n) is 6.11. The number of aryl methyl sites for hydroxylation is 4. The van der Waals surface area contributed by atoms with Crippen LogP contribution in [-0.4, -0.2) is 26.4 Å². The first-order valence-corrected chi connectivity index (χ1v) is 11.1. The maximum Gasteiger partial charge on any atom is 0.252 e. The molecule has 0 unspecified atom stereocenters. The summed E-state index contributed by atoms with van der Waals surface area (Å²) in [6.07, 6.45) is 0. The molecule has 0 radical (unpaired) electrons. The molecule has 0 bridgehead atoms. The highest BCUT2D eigenvalue weighted by atomic mass is 16.5. The van der Waals surface area contributed by atoms with Crippen LogP contribution in [0.25, 0.3) is 28.2 Å². The lowest BCUT2D eigenvalue weighted by Gasteiger charge is -2.12. The van der Waals surface area contributed by atoms with Gasteiger partial charge < -0.3 is 9.15 Å². The van der Waals surface area contributed by atoms with Crippen molar-refractivity contribution < 1.29 is 9.15 Å². The summed E-state index contributed by atoms with van der Waals surface area (Å²) in [5.41, 5.74) is 5.91. The van der Waals surface area contributed by atoms with Gasteiger partial charge in [0.15, 0.2) is 0 Å². The molecule has 2 aromatic carbocycles. The fourth-order valence-corrected chi connectivity index (χ4v) is 4.35. The Morgan fingerprint density at radius 3 is 2.47 bits per heavy atom. The number of hydrogen-bond donors (Lipinski definition) is 0. The number of hydrogen-bond acceptors (Lipinski definition) is 5. The third kappa shape index (κ3) is 3.59. The van der Waals surface area contributed by atoms with E-state index in [1.54, 1.807) is 17.7 Å². The summed E-state index contributed by atoms with van der Waals surface area (Å²) in [6, 6.07) is 17.3. The van der Waals surface area contributed by atoms with Gasteiger partial charge >= 0.3 is 0 Å². The van der Waals surface area contributed by atoms with E-state index >= 15 is 0 Å². The Bertz CT molecular complexity index is 1570. The highest BCUT2D eigenvalue weighted by Crippen LogP contribution is 2.31. The van der Waals surface area contributed by atoms with Gasteiger partial charge in [-0.2, -0.15) is 5.10 Å². The van der Waals surface area contributed by atoms with E-state index in [2.05, 4.69) is 0 Å². The van der Waals surface area contributed by atoms with Gasteiger partial charge in [0, 0.05) is 11.5 Å². The molecule has 0 fully saturated rings. The predicted octanol–water partition coefficient (Wildman–Crippen LogP) is 5.13. The van der Waals surface area contributed by atoms with Gasteiger partial charge in [-0.05, 0) is 57.5 Å². The van der Waals surface area contributed by atoms with Crippen LogP contribution in [0.3, 0.4) is 0 Å². The summed E-state index contributed by atoms with van der Waals surface area (Å²) in [4.78, 5) is 18.0. The summed E-state index contributed by atoms with van der Waals surface area (Å²) >= 11 is 0. The lowest BCUT2D eigenvalue weighted by atomic mass is 10.1. The Morgan fingerprint density at radius 1 is 1.00 bits per heavy atom. The highest BCUT2D eigenvalue weighted by Gasteiger charge is 2.20. The predicted molar refractivity (Wildman–Crippen MR) is 132 cm³/mol. The second kappa shape index (κ2) is 8.33. The minimum Gasteiger partial charge on any atom is -0.496 e. The monoisotopic (exact) mass is 454 g/mol. The van der Waals surface area contributed by atoms with Crippen LogP contribution in [0.1, 0.15) is 28.3 Å². The minimum absolute atomic E-state index is 0.112. The van der Waals surface area contributed by atoms with Crippen molar-refractivity contribution in [2.45, 2.75) is 34.2 Å². The smallest absolute Gasteiger partial charge is 0.252 e. The van der Waals surface area contributed by atoms with Crippen molar-refractivity contribution in [3.05, 3.63) is 93.2 Å². The van der Waals surface area contributed by atoms with E-state index in [-0.39, 0.29) is 12.1 Å². The van der Waals surface area contributed by atoms with Crippen molar-refractivity contribution in [1.82, 2.24) is 19.3 Å². The van der Waals surface area contributed by atoms with Crippen molar-refractivity contribution in [3.63, 3.8) is 0 Å². The molecule has 3 aromatic heterocycles. The first-order chi connectivity index (χ1) is 16.4. The first kappa shape index (κ1) is 21.7. The summed E-state index contributed by atoms with van der Waals surface area (Å²) in [5.74, 6) is 1.79. The summed E-state index contributed by atoms with van der Waals surface area (Å²) in [6.45, 7) is 8.08. The number of para-hydroxylation sites is 1. The Kier molecular flexibility index (Phi) is 5.32. The van der Waals surface area contributed by atoms with E-state index in [0.717, 1.165) is 39.1 Å². The van der Waals surface area contributed by atoms with Crippen LogP contribution in [0.15, 0.2) is 63.8 Å². The topological polar surface area (TPSA) is 75.1 Å². The molecule has 0 aliphatic heterocycles. The summed E-state index contributed by atoms with van der Waals surface area (Å²) in [5, 5.41) is 5.75. The quantitative estimate of drug-likeness (QED) is 0.368. The molecule has 3 heterocycles. The molecule has 0 spiro atoms. The van der Waals surface area contributed by atoms with Gasteiger partial charge in [-0.25, -0.2) is 9.67 Å². The molecule has 5 aromatic rings. The molecule has 0 aliphatic rings. The Hall–Kier alpha value is -4.13. The van der Waals surface area contributed by atoms with Gasteiger partial charge in [-0.1, -0.05) is 29.8 Å². The average Bonchev–Trinajstić information content (AvgIpc) is 3.36. The summed E-state index contributed by atoms with van der Waals surface area (Å²) in [7, 11) is 1.62. The first-order valence-electron chi connectivity index (χ1n) is 11.1. The fourth-order valence-electron chi connectivity index (χ4n) is 4.35. The zero-order valence-electron chi connectivity index (χ0n) is 19.9. The lowest BCUT2D eigenvalue weighted by Crippen LogP contribution is -2.23. The third-order valence-corrected chi connectivity index (χ3v) is 6.11. The number of methoxy groups -OCH3 is 1. The van der Waals surface area contributed by atoms with Crippen molar-refractivity contribution in [2.75, 3.05) is 7.11 Å². The SMILES string of the molecule is COc1ccccc1-c1nc(Cn2c(=O)cc(C)c3c(C)nn(-c4ccc(C)cc4)c32)c(C)o1. The second-order valence-corrected chi connectivity index (χ2v) is 8.51. The van der Waals surface area contributed by atoms with Gasteiger partial charge in [0.25, 0.3) is 5.56 Å². The molecule has 5 rings (SSSR count). The normalized spacial score (nSPS) is 11.3. The van der Waals surface area contributed by atoms with Crippen LogP contribution in [0, 0.1) is 27.7 Å². The zero-order chi connectivity index (χ0) is 24.0. The zero-order valence-corrected chi connectivity index (χ0v) is 19.9. The Balaban J connectivity index is 1.68. The number of nitrogens with zero attached hydrogens (tertiary/aromatic N) is 4. The molecular formula is C27H26N4O3. The fraction of sp³-hybridized carbons (Fsp3) is 0.222. The molecule has 0 amide bonds. The molecule has 7 heteroatoms. The largest absolute Gasteiger partial charge is 0.496 e. The van der Waals surface area contributed by atoms with Gasteiger partial charge in [0.2, 0.25) is 5.89 Å². The molecular weight excluding hydrogens is 428 g/mol. The van der Waals surface area contributed by atoms with Crippen LogP contribution < -0.4 is 10.3 Å². The molecule has 34 heavy (non-hydrogen) atoms. The molecule has 0 saturated carbocycles. The Labute approximate surface area is 197 Å².